The van der Waals surface area contributed by atoms with Gasteiger partial charge in [0, 0.05) is 44.6 Å². The SMILES string of the molecule is CC1CCCN1c1ncc(-c2cccc(NC(=O)Cn3cnc4c3c(=O)n(C)c(=O)n4C)n2)cn1. The van der Waals surface area contributed by atoms with Crippen molar-refractivity contribution >= 4 is 28.8 Å². The number of nitrogens with one attached hydrogen (secondary N) is 1. The number of fused-ring (bicyclic) bond motifs is 1. The van der Waals surface area contributed by atoms with Crippen molar-refractivity contribution in [3.63, 3.8) is 0 Å². The average molecular weight is 476 g/mol. The minimum atomic E-state index is -0.514. The first-order valence-corrected chi connectivity index (χ1v) is 11.3. The van der Waals surface area contributed by atoms with Crippen LogP contribution in [0.15, 0.2) is 46.5 Å². The van der Waals surface area contributed by atoms with Gasteiger partial charge in [0.15, 0.2) is 11.2 Å². The van der Waals surface area contributed by atoms with Crippen LogP contribution in [0.25, 0.3) is 22.4 Å². The minimum absolute atomic E-state index is 0.165. The van der Waals surface area contributed by atoms with Crippen molar-refractivity contribution in [2.45, 2.75) is 32.4 Å². The molecule has 1 atom stereocenters. The van der Waals surface area contributed by atoms with E-state index in [0.717, 1.165) is 29.5 Å². The molecule has 1 aliphatic rings. The Morgan fingerprint density at radius 3 is 2.60 bits per heavy atom. The van der Waals surface area contributed by atoms with E-state index in [0.29, 0.717) is 23.5 Å². The molecular weight excluding hydrogens is 450 g/mol. The lowest BCUT2D eigenvalue weighted by Crippen LogP contribution is -2.37. The Labute approximate surface area is 199 Å². The van der Waals surface area contributed by atoms with Gasteiger partial charge in [0.2, 0.25) is 11.9 Å². The number of anilines is 2. The Morgan fingerprint density at radius 1 is 1.11 bits per heavy atom. The third-order valence-corrected chi connectivity index (χ3v) is 6.29. The molecule has 1 fully saturated rings. The Morgan fingerprint density at radius 2 is 1.89 bits per heavy atom. The van der Waals surface area contributed by atoms with Gasteiger partial charge < -0.3 is 14.8 Å². The lowest BCUT2D eigenvalue weighted by molar-refractivity contribution is -0.116. The molecule has 1 aliphatic heterocycles. The molecule has 1 N–H and O–H groups in total. The molecule has 180 valence electrons. The van der Waals surface area contributed by atoms with Crippen LogP contribution in [-0.2, 0) is 25.4 Å². The summed E-state index contributed by atoms with van der Waals surface area (Å²) in [7, 11) is 2.91. The van der Waals surface area contributed by atoms with E-state index in [4.69, 9.17) is 0 Å². The molecule has 0 aromatic carbocycles. The van der Waals surface area contributed by atoms with E-state index in [2.05, 4.69) is 37.1 Å². The Kier molecular flexibility index (Phi) is 5.63. The second-order valence-corrected chi connectivity index (χ2v) is 8.66. The number of pyridine rings is 1. The van der Waals surface area contributed by atoms with Crippen molar-refractivity contribution in [3.8, 4) is 11.3 Å². The van der Waals surface area contributed by atoms with Crippen LogP contribution in [0, 0.1) is 0 Å². The van der Waals surface area contributed by atoms with Crippen molar-refractivity contribution in [2.24, 2.45) is 14.1 Å². The smallest absolute Gasteiger partial charge is 0.332 e. The Hall–Kier alpha value is -4.35. The molecule has 1 unspecified atom stereocenters. The number of aromatic nitrogens is 7. The van der Waals surface area contributed by atoms with Crippen molar-refractivity contribution in [2.75, 3.05) is 16.8 Å². The first-order chi connectivity index (χ1) is 16.8. The Bertz CT molecular complexity index is 1530. The molecule has 0 spiro atoms. The van der Waals surface area contributed by atoms with Crippen LogP contribution in [0.4, 0.5) is 11.8 Å². The standard InChI is InChI=1S/C23H25N9O3/c1-14-6-5-9-32(14)22-24-10-15(11-25-22)16-7-4-8-17(27-16)28-18(33)12-31-13-26-20-19(31)21(34)30(3)23(35)29(20)2/h4,7-8,10-11,13-14H,5-6,9,12H2,1-3H3,(H,27,28,33). The van der Waals surface area contributed by atoms with Gasteiger partial charge in [0.25, 0.3) is 5.56 Å². The predicted octanol–water partition coefficient (Wildman–Crippen LogP) is 0.913. The normalized spacial score (nSPS) is 15.6. The monoisotopic (exact) mass is 475 g/mol. The molecule has 0 radical (unpaired) electrons. The van der Waals surface area contributed by atoms with Gasteiger partial charge in [-0.15, -0.1) is 0 Å². The van der Waals surface area contributed by atoms with Gasteiger partial charge in [-0.1, -0.05) is 6.07 Å². The number of hydrogen-bond donors (Lipinski definition) is 1. The number of nitrogens with zero attached hydrogens (tertiary/aromatic N) is 8. The maximum atomic E-state index is 12.7. The molecular formula is C23H25N9O3. The number of imidazole rings is 1. The van der Waals surface area contributed by atoms with Crippen LogP contribution in [0.2, 0.25) is 0 Å². The van der Waals surface area contributed by atoms with E-state index in [1.165, 1.54) is 29.6 Å². The summed E-state index contributed by atoms with van der Waals surface area (Å²) in [4.78, 5) is 57.3. The third kappa shape index (κ3) is 4.07. The highest BCUT2D eigenvalue weighted by molar-refractivity contribution is 5.90. The summed E-state index contributed by atoms with van der Waals surface area (Å²) in [6, 6.07) is 5.71. The number of amides is 1. The summed E-state index contributed by atoms with van der Waals surface area (Å²) in [5, 5.41) is 2.75. The third-order valence-electron chi connectivity index (χ3n) is 6.29. The fraction of sp³-hybridized carbons (Fsp3) is 0.348. The average Bonchev–Trinajstić information content (AvgIpc) is 3.48. The van der Waals surface area contributed by atoms with E-state index in [1.807, 2.05) is 6.07 Å². The topological polar surface area (TPSA) is 133 Å². The Balaban J connectivity index is 1.33. The summed E-state index contributed by atoms with van der Waals surface area (Å²) < 4.78 is 3.68. The highest BCUT2D eigenvalue weighted by Crippen LogP contribution is 2.23. The largest absolute Gasteiger partial charge is 0.338 e. The van der Waals surface area contributed by atoms with Crippen LogP contribution in [0.1, 0.15) is 19.8 Å². The molecule has 4 aromatic rings. The molecule has 0 bridgehead atoms. The zero-order valence-corrected chi connectivity index (χ0v) is 19.7. The van der Waals surface area contributed by atoms with Gasteiger partial charge in [0.05, 0.1) is 12.0 Å². The minimum Gasteiger partial charge on any atom is -0.338 e. The number of rotatable bonds is 5. The lowest BCUT2D eigenvalue weighted by Gasteiger charge is -2.20. The highest BCUT2D eigenvalue weighted by Gasteiger charge is 2.22. The maximum Gasteiger partial charge on any atom is 0.332 e. The molecule has 12 heteroatoms. The summed E-state index contributed by atoms with van der Waals surface area (Å²) in [6.45, 7) is 2.96. The van der Waals surface area contributed by atoms with Crippen molar-refractivity contribution < 1.29 is 4.79 Å². The first-order valence-electron chi connectivity index (χ1n) is 11.3. The molecule has 0 saturated carbocycles. The van der Waals surface area contributed by atoms with E-state index in [1.54, 1.807) is 24.5 Å². The number of carbonyl (C=O) groups excluding carboxylic acids is 1. The predicted molar refractivity (Wildman–Crippen MR) is 130 cm³/mol. The molecule has 35 heavy (non-hydrogen) atoms. The second-order valence-electron chi connectivity index (χ2n) is 8.66. The molecule has 5 heterocycles. The zero-order chi connectivity index (χ0) is 24.7. The van der Waals surface area contributed by atoms with Gasteiger partial charge >= 0.3 is 5.69 Å². The van der Waals surface area contributed by atoms with Crippen molar-refractivity contribution in [1.29, 1.82) is 0 Å². The van der Waals surface area contributed by atoms with Gasteiger partial charge in [-0.2, -0.15) is 0 Å². The van der Waals surface area contributed by atoms with Gasteiger partial charge in [0.1, 0.15) is 12.4 Å². The molecule has 1 saturated heterocycles. The molecule has 1 amide bonds. The lowest BCUT2D eigenvalue weighted by atomic mass is 10.2. The molecule has 0 aliphatic carbocycles. The number of hydrogen-bond acceptors (Lipinski definition) is 8. The van der Waals surface area contributed by atoms with E-state index < -0.39 is 11.2 Å². The fourth-order valence-corrected chi connectivity index (χ4v) is 4.35. The number of aryl methyl sites for hydroxylation is 1. The van der Waals surface area contributed by atoms with Gasteiger partial charge in [-0.25, -0.2) is 24.7 Å². The van der Waals surface area contributed by atoms with Crippen LogP contribution < -0.4 is 21.5 Å². The van der Waals surface area contributed by atoms with Crippen molar-refractivity contribution in [1.82, 2.24) is 33.6 Å². The molecule has 5 rings (SSSR count). The summed E-state index contributed by atoms with van der Waals surface area (Å²) in [5.41, 5.74) is 0.766. The second kappa shape index (κ2) is 8.78. The van der Waals surface area contributed by atoms with E-state index >= 15 is 0 Å². The van der Waals surface area contributed by atoms with Gasteiger partial charge in [-0.05, 0) is 31.9 Å². The van der Waals surface area contributed by atoms with E-state index in [-0.39, 0.29) is 23.6 Å². The number of carbonyl (C=O) groups is 1. The summed E-state index contributed by atoms with van der Waals surface area (Å²) >= 11 is 0. The highest BCUT2D eigenvalue weighted by atomic mass is 16.2. The maximum absolute atomic E-state index is 12.7. The first kappa shape index (κ1) is 22.4. The summed E-state index contributed by atoms with van der Waals surface area (Å²) in [5.74, 6) is 0.674. The zero-order valence-electron chi connectivity index (χ0n) is 19.7. The summed E-state index contributed by atoms with van der Waals surface area (Å²) in [6.07, 6.45) is 7.11. The fourth-order valence-electron chi connectivity index (χ4n) is 4.35. The van der Waals surface area contributed by atoms with Crippen LogP contribution >= 0.6 is 0 Å². The van der Waals surface area contributed by atoms with E-state index in [9.17, 15) is 14.4 Å². The quantitative estimate of drug-likeness (QED) is 0.450. The molecule has 4 aromatic heterocycles. The van der Waals surface area contributed by atoms with Crippen LogP contribution in [0.3, 0.4) is 0 Å². The van der Waals surface area contributed by atoms with Crippen molar-refractivity contribution in [3.05, 3.63) is 57.8 Å². The van der Waals surface area contributed by atoms with Crippen LogP contribution in [-0.4, -0.2) is 52.1 Å². The van der Waals surface area contributed by atoms with Crippen LogP contribution in [0.5, 0.6) is 0 Å². The molecule has 12 nitrogen and oxygen atoms in total. The van der Waals surface area contributed by atoms with Gasteiger partial charge in [-0.3, -0.25) is 18.7 Å².